The summed E-state index contributed by atoms with van der Waals surface area (Å²) in [5.74, 6) is 0.0117. The van der Waals surface area contributed by atoms with Crippen LogP contribution in [0.1, 0.15) is 110 Å². The Bertz CT molecular complexity index is 345. The lowest BCUT2D eigenvalue weighted by molar-refractivity contribution is -0.126. The normalized spacial score (nSPS) is 18.1. The average molecular weight is 339 g/mol. The average Bonchev–Trinajstić information content (AvgIpc) is 3.01. The maximum absolute atomic E-state index is 11.4. The number of nitrogens with zero attached hydrogens (tertiary/aromatic N) is 2. The van der Waals surface area contributed by atoms with Crippen LogP contribution in [-0.4, -0.2) is 12.0 Å². The zero-order chi connectivity index (χ0) is 17.5. The first-order valence-electron chi connectivity index (χ1n) is 10.4. The minimum Gasteiger partial charge on any atom is -0.365 e. The van der Waals surface area contributed by atoms with Gasteiger partial charge in [-0.2, -0.15) is 0 Å². The van der Waals surface area contributed by atoms with Crippen LogP contribution in [0.2, 0.25) is 0 Å². The number of unbranched alkanes of at least 4 members (excludes halogenated alkanes) is 13. The van der Waals surface area contributed by atoms with Gasteiger partial charge in [-0.3, -0.25) is 4.79 Å². The Hall–Kier alpha value is -0.930. The predicted octanol–water partition coefficient (Wildman–Crippen LogP) is 6.79. The van der Waals surface area contributed by atoms with Crippen LogP contribution in [0.5, 0.6) is 0 Å². The Morgan fingerprint density at radius 2 is 1.29 bits per heavy atom. The maximum Gasteiger partial charge on any atom is 0.311 e. The minimum absolute atomic E-state index is 0.215. The van der Waals surface area contributed by atoms with Gasteiger partial charge in [-0.15, -0.1) is 0 Å². The van der Waals surface area contributed by atoms with E-state index in [1.807, 2.05) is 0 Å². The summed E-state index contributed by atoms with van der Waals surface area (Å²) < 4.78 is 0. The van der Waals surface area contributed by atoms with Crippen molar-refractivity contribution in [1.29, 1.82) is 0 Å². The smallest absolute Gasteiger partial charge is 0.311 e. The van der Waals surface area contributed by atoms with Gasteiger partial charge in [0.05, 0.1) is 0 Å². The molecule has 4 heteroatoms. The van der Waals surface area contributed by atoms with Crippen LogP contribution < -0.4 is 0 Å². The van der Waals surface area contributed by atoms with Crippen molar-refractivity contribution in [2.75, 3.05) is 0 Å². The van der Waals surface area contributed by atoms with Gasteiger partial charge in [0.2, 0.25) is 6.10 Å². The third-order valence-corrected chi connectivity index (χ3v) is 5.07. The lowest BCUT2D eigenvalue weighted by atomic mass is 9.96. The first-order chi connectivity index (χ1) is 11.8. The second-order valence-corrected chi connectivity index (χ2v) is 7.41. The molecule has 140 valence electrons. The van der Waals surface area contributed by atoms with E-state index in [0.29, 0.717) is 0 Å². The second-order valence-electron chi connectivity index (χ2n) is 7.41. The Balaban J connectivity index is 1.77. The molecule has 24 heavy (non-hydrogen) atoms. The minimum atomic E-state index is -0.424. The predicted molar refractivity (Wildman–Crippen MR) is 98.8 cm³/mol. The number of hydrogen-bond acceptors (Lipinski definition) is 3. The van der Waals surface area contributed by atoms with Gasteiger partial charge in [0.25, 0.3) is 0 Å². The first-order valence-corrected chi connectivity index (χ1v) is 10.4. The fourth-order valence-corrected chi connectivity index (χ4v) is 3.38. The molecule has 0 aromatic heterocycles. The monoisotopic (exact) mass is 338 g/mol. The molecule has 0 spiro atoms. The van der Waals surface area contributed by atoms with Crippen LogP contribution in [-0.2, 0) is 9.63 Å². The van der Waals surface area contributed by atoms with Crippen molar-refractivity contribution >= 4 is 5.91 Å². The zero-order valence-corrected chi connectivity index (χ0v) is 16.0. The Kier molecular flexibility index (Phi) is 12.7. The van der Waals surface area contributed by atoms with E-state index in [1.165, 1.54) is 89.9 Å². The van der Waals surface area contributed by atoms with E-state index in [1.54, 1.807) is 0 Å². The molecule has 1 heterocycles. The lowest BCUT2D eigenvalue weighted by Crippen LogP contribution is -2.24. The van der Waals surface area contributed by atoms with Crippen molar-refractivity contribution in [2.45, 2.75) is 116 Å². The fraction of sp³-hybridized carbons (Fsp3) is 0.950. The standard InChI is InChI=1S/C20H38N2O2/c1-3-4-5-6-7-8-9-10-11-12-13-14-15-16-17-18(2)19-20(23)21-22-24-19/h18-19H,3-17H2,1-2H3. The number of amides is 1. The zero-order valence-electron chi connectivity index (χ0n) is 16.0. The Morgan fingerprint density at radius 3 is 1.71 bits per heavy atom. The second kappa shape index (κ2) is 14.4. The van der Waals surface area contributed by atoms with Crippen molar-refractivity contribution in [1.82, 2.24) is 0 Å². The highest BCUT2D eigenvalue weighted by atomic mass is 16.7. The summed E-state index contributed by atoms with van der Waals surface area (Å²) in [6.45, 7) is 4.33. The third kappa shape index (κ3) is 10.0. The van der Waals surface area contributed by atoms with Gasteiger partial charge in [-0.05, 0) is 6.42 Å². The largest absolute Gasteiger partial charge is 0.365 e. The molecule has 1 amide bonds. The van der Waals surface area contributed by atoms with E-state index in [9.17, 15) is 4.79 Å². The molecule has 0 saturated heterocycles. The summed E-state index contributed by atoms with van der Waals surface area (Å²) in [4.78, 5) is 16.4. The first kappa shape index (κ1) is 21.1. The van der Waals surface area contributed by atoms with Gasteiger partial charge >= 0.3 is 5.91 Å². The number of carbonyl (C=O) groups is 1. The van der Waals surface area contributed by atoms with Crippen LogP contribution >= 0.6 is 0 Å². The highest BCUT2D eigenvalue weighted by Gasteiger charge is 2.30. The molecule has 0 radical (unpaired) electrons. The molecule has 0 saturated carbocycles. The summed E-state index contributed by atoms with van der Waals surface area (Å²) in [6, 6.07) is 0. The van der Waals surface area contributed by atoms with E-state index in [4.69, 9.17) is 4.84 Å². The highest BCUT2D eigenvalue weighted by Crippen LogP contribution is 2.21. The summed E-state index contributed by atoms with van der Waals surface area (Å²) in [7, 11) is 0. The molecule has 1 rings (SSSR count). The summed E-state index contributed by atoms with van der Waals surface area (Å²) in [5.41, 5.74) is 0. The number of rotatable bonds is 16. The molecule has 2 unspecified atom stereocenters. The molecule has 1 aliphatic heterocycles. The summed E-state index contributed by atoms with van der Waals surface area (Å²) >= 11 is 0. The van der Waals surface area contributed by atoms with E-state index in [0.717, 1.165) is 6.42 Å². The van der Waals surface area contributed by atoms with Gasteiger partial charge in [0.15, 0.2) is 0 Å². The Labute approximate surface area is 148 Å². The van der Waals surface area contributed by atoms with Crippen LogP contribution in [0, 0.1) is 5.92 Å². The molecule has 0 aliphatic carbocycles. The van der Waals surface area contributed by atoms with Crippen molar-refractivity contribution < 1.29 is 9.63 Å². The Morgan fingerprint density at radius 1 is 0.833 bits per heavy atom. The summed E-state index contributed by atoms with van der Waals surface area (Å²) in [6.07, 6.45) is 19.8. The molecular formula is C20H38N2O2. The van der Waals surface area contributed by atoms with Crippen LogP contribution in [0.15, 0.2) is 10.4 Å². The molecule has 0 N–H and O–H groups in total. The molecule has 0 bridgehead atoms. The molecule has 1 aliphatic rings. The molecule has 4 nitrogen and oxygen atoms in total. The van der Waals surface area contributed by atoms with Crippen molar-refractivity contribution in [2.24, 2.45) is 16.3 Å². The van der Waals surface area contributed by atoms with E-state index < -0.39 is 6.10 Å². The molecule has 0 aromatic rings. The van der Waals surface area contributed by atoms with Crippen molar-refractivity contribution in [3.63, 3.8) is 0 Å². The molecule has 0 aromatic carbocycles. The number of hydrogen-bond donors (Lipinski definition) is 0. The van der Waals surface area contributed by atoms with Gasteiger partial charge in [0.1, 0.15) is 0 Å². The van der Waals surface area contributed by atoms with Crippen molar-refractivity contribution in [3.8, 4) is 0 Å². The van der Waals surface area contributed by atoms with Crippen LogP contribution in [0.4, 0.5) is 0 Å². The van der Waals surface area contributed by atoms with Gasteiger partial charge in [0, 0.05) is 11.2 Å². The topological polar surface area (TPSA) is 51.0 Å². The third-order valence-electron chi connectivity index (χ3n) is 5.07. The van der Waals surface area contributed by atoms with E-state index >= 15 is 0 Å². The summed E-state index contributed by atoms with van der Waals surface area (Å²) in [5, 5.41) is 6.78. The van der Waals surface area contributed by atoms with E-state index in [-0.39, 0.29) is 11.8 Å². The molecule has 0 fully saturated rings. The van der Waals surface area contributed by atoms with Gasteiger partial charge < -0.3 is 4.84 Å². The van der Waals surface area contributed by atoms with E-state index in [2.05, 4.69) is 24.2 Å². The number of carbonyl (C=O) groups excluding carboxylic acids is 1. The van der Waals surface area contributed by atoms with Crippen molar-refractivity contribution in [3.05, 3.63) is 0 Å². The van der Waals surface area contributed by atoms with Gasteiger partial charge in [-0.1, -0.05) is 109 Å². The van der Waals surface area contributed by atoms with Crippen LogP contribution in [0.3, 0.4) is 0 Å². The SMILES string of the molecule is CCCCCCCCCCCCCCCCC(C)C1ON=NC1=O. The highest BCUT2D eigenvalue weighted by molar-refractivity contribution is 5.82. The van der Waals surface area contributed by atoms with Crippen LogP contribution in [0.25, 0.3) is 0 Å². The maximum atomic E-state index is 11.4. The lowest BCUT2D eigenvalue weighted by Gasteiger charge is -2.14. The molecular weight excluding hydrogens is 300 g/mol. The quantitative estimate of drug-likeness (QED) is 0.291. The molecule has 2 atom stereocenters. The van der Waals surface area contributed by atoms with Gasteiger partial charge in [-0.25, -0.2) is 0 Å². The fourth-order valence-electron chi connectivity index (χ4n) is 3.38.